The molecule has 2 atom stereocenters. The molecule has 170 valence electrons. The van der Waals surface area contributed by atoms with E-state index >= 15 is 0 Å². The van der Waals surface area contributed by atoms with E-state index < -0.39 is 0 Å². The van der Waals surface area contributed by atoms with Crippen LogP contribution in [-0.4, -0.2) is 20.6 Å². The van der Waals surface area contributed by atoms with E-state index in [4.69, 9.17) is 12.2 Å². The smallest absolute Gasteiger partial charge is 0.221 e. The number of nitrogens with one attached hydrogen (secondary N) is 2. The second kappa shape index (κ2) is 9.07. The lowest BCUT2D eigenvalue weighted by Crippen LogP contribution is -2.30. The minimum Gasteiger partial charge on any atom is -0.351 e. The van der Waals surface area contributed by atoms with Crippen molar-refractivity contribution >= 4 is 34.6 Å². The molecule has 2 N–H and O–H groups in total. The van der Waals surface area contributed by atoms with Gasteiger partial charge >= 0.3 is 0 Å². The maximum atomic E-state index is 14.8. The van der Waals surface area contributed by atoms with Crippen LogP contribution in [0.1, 0.15) is 30.4 Å². The van der Waals surface area contributed by atoms with Crippen molar-refractivity contribution in [3.63, 3.8) is 0 Å². The lowest BCUT2D eigenvalue weighted by atomic mass is 10.0. The first-order valence-corrected chi connectivity index (χ1v) is 11.2. The summed E-state index contributed by atoms with van der Waals surface area (Å²) in [5, 5.41) is 6.73. The molecular weight excluding hydrogens is 449 g/mol. The van der Waals surface area contributed by atoms with Crippen molar-refractivity contribution in [1.82, 2.24) is 14.9 Å². The van der Waals surface area contributed by atoms with Crippen LogP contribution < -0.4 is 15.5 Å². The van der Waals surface area contributed by atoms with Crippen molar-refractivity contribution in [3.8, 4) is 5.69 Å². The van der Waals surface area contributed by atoms with Gasteiger partial charge in [0, 0.05) is 36.4 Å². The van der Waals surface area contributed by atoms with Crippen LogP contribution in [0.25, 0.3) is 5.69 Å². The van der Waals surface area contributed by atoms with Crippen LogP contribution in [0.3, 0.4) is 0 Å². The van der Waals surface area contributed by atoms with E-state index in [9.17, 15) is 9.18 Å². The second-order valence-corrected chi connectivity index (χ2v) is 8.37. The topological polar surface area (TPSA) is 62.2 Å². The molecule has 4 aromatic rings. The van der Waals surface area contributed by atoms with Crippen LogP contribution in [0.2, 0.25) is 0 Å². The van der Waals surface area contributed by atoms with E-state index in [0.29, 0.717) is 16.5 Å². The lowest BCUT2D eigenvalue weighted by Gasteiger charge is -2.29. The van der Waals surface area contributed by atoms with Crippen molar-refractivity contribution in [2.75, 3.05) is 10.2 Å². The van der Waals surface area contributed by atoms with Crippen molar-refractivity contribution in [3.05, 3.63) is 108 Å². The zero-order valence-electron chi connectivity index (χ0n) is 18.4. The van der Waals surface area contributed by atoms with Gasteiger partial charge in [0.05, 0.1) is 17.4 Å². The van der Waals surface area contributed by atoms with Gasteiger partial charge < -0.3 is 20.1 Å². The Bertz CT molecular complexity index is 1340. The van der Waals surface area contributed by atoms with E-state index in [-0.39, 0.29) is 23.8 Å². The molecule has 0 bridgehead atoms. The molecule has 0 spiro atoms. The maximum Gasteiger partial charge on any atom is 0.221 e. The molecule has 0 radical (unpaired) electrons. The van der Waals surface area contributed by atoms with Crippen molar-refractivity contribution in [2.45, 2.75) is 19.0 Å². The van der Waals surface area contributed by atoms with Gasteiger partial charge in [0.15, 0.2) is 5.11 Å². The molecule has 5 rings (SSSR count). The minimum atomic E-state index is -0.311. The molecule has 1 amide bonds. The average Bonchev–Trinajstić information content (AvgIpc) is 3.44. The van der Waals surface area contributed by atoms with Gasteiger partial charge in [-0.1, -0.05) is 18.2 Å². The molecule has 8 heteroatoms. The summed E-state index contributed by atoms with van der Waals surface area (Å²) in [5.74, 6) is -0.448. The van der Waals surface area contributed by atoms with Crippen LogP contribution in [-0.2, 0) is 4.79 Å². The highest BCUT2D eigenvalue weighted by molar-refractivity contribution is 7.80. The number of amides is 1. The summed E-state index contributed by atoms with van der Waals surface area (Å²) < 4.78 is 16.6. The Balaban J connectivity index is 1.63. The molecule has 1 fully saturated rings. The van der Waals surface area contributed by atoms with Gasteiger partial charge in [-0.05, 0) is 72.9 Å². The summed E-state index contributed by atoms with van der Waals surface area (Å²) in [6, 6.07) is 23.2. The fraction of sp³-hybridized carbons (Fsp3) is 0.115. The normalized spacial score (nSPS) is 17.5. The summed E-state index contributed by atoms with van der Waals surface area (Å²) in [5.41, 5.74) is 3.69. The molecular formula is C26H22FN5OS. The quantitative estimate of drug-likeness (QED) is 0.395. The van der Waals surface area contributed by atoms with E-state index in [1.54, 1.807) is 18.3 Å². The number of hydrogen-bond acceptors (Lipinski definition) is 3. The predicted octanol–water partition coefficient (Wildman–Crippen LogP) is 5.15. The van der Waals surface area contributed by atoms with Gasteiger partial charge in [-0.15, -0.1) is 0 Å². The first kappa shape index (κ1) is 21.8. The average molecular weight is 472 g/mol. The van der Waals surface area contributed by atoms with Gasteiger partial charge in [-0.25, -0.2) is 4.39 Å². The number of pyridine rings is 1. The van der Waals surface area contributed by atoms with Gasteiger partial charge in [0.1, 0.15) is 11.9 Å². The SMILES string of the molecule is CC(=O)Nc1ccc(N2C(=S)N[C@@H](c3ccccn3)[C@@H]2c2cccn2-c2ccccc2F)cc1. The molecule has 0 unspecified atom stereocenters. The Kier molecular flexibility index (Phi) is 5.81. The predicted molar refractivity (Wildman–Crippen MR) is 134 cm³/mol. The van der Waals surface area contributed by atoms with E-state index in [1.807, 2.05) is 76.3 Å². The van der Waals surface area contributed by atoms with Gasteiger partial charge in [-0.3, -0.25) is 9.78 Å². The van der Waals surface area contributed by atoms with Crippen molar-refractivity contribution < 1.29 is 9.18 Å². The zero-order chi connectivity index (χ0) is 23.7. The summed E-state index contributed by atoms with van der Waals surface area (Å²) in [4.78, 5) is 18.0. The summed E-state index contributed by atoms with van der Waals surface area (Å²) in [7, 11) is 0. The first-order valence-electron chi connectivity index (χ1n) is 10.8. The fourth-order valence-electron chi connectivity index (χ4n) is 4.34. The Morgan fingerprint density at radius 3 is 2.50 bits per heavy atom. The molecule has 0 aliphatic carbocycles. The summed E-state index contributed by atoms with van der Waals surface area (Å²) in [6.07, 6.45) is 3.60. The number of benzene rings is 2. The van der Waals surface area contributed by atoms with Crippen LogP contribution >= 0.6 is 12.2 Å². The number of anilines is 2. The number of aromatic nitrogens is 2. The Hall–Kier alpha value is -4.04. The number of nitrogens with zero attached hydrogens (tertiary/aromatic N) is 3. The highest BCUT2D eigenvalue weighted by Gasteiger charge is 2.42. The third-order valence-electron chi connectivity index (χ3n) is 5.76. The van der Waals surface area contributed by atoms with Gasteiger partial charge in [-0.2, -0.15) is 0 Å². The molecule has 6 nitrogen and oxygen atoms in total. The van der Waals surface area contributed by atoms with E-state index in [2.05, 4.69) is 15.6 Å². The van der Waals surface area contributed by atoms with Crippen LogP contribution in [0.15, 0.2) is 91.3 Å². The largest absolute Gasteiger partial charge is 0.351 e. The number of carbonyl (C=O) groups excluding carboxylic acids is 1. The molecule has 1 aliphatic rings. The summed E-state index contributed by atoms with van der Waals surface area (Å²) in [6.45, 7) is 1.47. The van der Waals surface area contributed by atoms with Crippen molar-refractivity contribution in [2.24, 2.45) is 0 Å². The first-order chi connectivity index (χ1) is 16.5. The Morgan fingerprint density at radius 1 is 1.03 bits per heavy atom. The highest BCUT2D eigenvalue weighted by Crippen LogP contribution is 2.42. The highest BCUT2D eigenvalue weighted by atomic mass is 32.1. The Morgan fingerprint density at radius 2 is 1.79 bits per heavy atom. The number of carbonyl (C=O) groups is 1. The minimum absolute atomic E-state index is 0.137. The molecule has 1 saturated heterocycles. The third-order valence-corrected chi connectivity index (χ3v) is 6.07. The maximum absolute atomic E-state index is 14.8. The molecule has 2 aromatic carbocycles. The molecule has 0 saturated carbocycles. The Labute approximate surface area is 202 Å². The van der Waals surface area contributed by atoms with E-state index in [1.165, 1.54) is 13.0 Å². The second-order valence-electron chi connectivity index (χ2n) is 7.98. The third kappa shape index (κ3) is 4.04. The number of halogens is 1. The lowest BCUT2D eigenvalue weighted by molar-refractivity contribution is -0.114. The molecule has 34 heavy (non-hydrogen) atoms. The van der Waals surface area contributed by atoms with E-state index in [0.717, 1.165) is 17.1 Å². The molecule has 3 heterocycles. The van der Waals surface area contributed by atoms with Gasteiger partial charge in [0.2, 0.25) is 5.91 Å². The number of para-hydroxylation sites is 1. The number of hydrogen-bond donors (Lipinski definition) is 2. The number of rotatable bonds is 5. The fourth-order valence-corrected chi connectivity index (χ4v) is 4.69. The number of thiocarbonyl (C=S) groups is 1. The molecule has 2 aromatic heterocycles. The van der Waals surface area contributed by atoms with Crippen molar-refractivity contribution in [1.29, 1.82) is 0 Å². The monoisotopic (exact) mass is 471 g/mol. The van der Waals surface area contributed by atoms with Crippen LogP contribution in [0.4, 0.5) is 15.8 Å². The molecule has 1 aliphatic heterocycles. The zero-order valence-corrected chi connectivity index (χ0v) is 19.2. The van der Waals surface area contributed by atoms with Gasteiger partial charge in [0.25, 0.3) is 0 Å². The summed E-state index contributed by atoms with van der Waals surface area (Å²) >= 11 is 5.77. The standard InChI is InChI=1S/C26H22FN5OS/c1-17(33)29-18-11-13-19(14-12-18)32-25(24(30-26(32)34)21-8-4-5-15-28-21)23-10-6-16-31(23)22-9-3-2-7-20(22)27/h2-16,24-25H,1H3,(H,29,33)(H,30,34)/t24-,25-/m0/s1. The van der Waals surface area contributed by atoms with Crippen LogP contribution in [0.5, 0.6) is 0 Å². The van der Waals surface area contributed by atoms with Crippen LogP contribution in [0, 0.1) is 5.82 Å².